The zero-order valence-corrected chi connectivity index (χ0v) is 14.2. The van der Waals surface area contributed by atoms with Crippen molar-refractivity contribution < 1.29 is 4.52 Å². The highest BCUT2D eigenvalue weighted by Gasteiger charge is 2.53. The quantitative estimate of drug-likeness (QED) is 0.676. The van der Waals surface area contributed by atoms with Crippen LogP contribution in [0, 0.1) is 17.8 Å². The SMILES string of the molecule is CCCCC[C@H](C)c1nc(C23CC4CC(CC(C4)C2)C3)no1. The first kappa shape index (κ1) is 14.7. The van der Waals surface area contributed by atoms with Gasteiger partial charge in [-0.05, 0) is 62.7 Å². The average molecular weight is 302 g/mol. The van der Waals surface area contributed by atoms with Crippen LogP contribution in [0.5, 0.6) is 0 Å². The van der Waals surface area contributed by atoms with Crippen LogP contribution in [-0.4, -0.2) is 10.1 Å². The summed E-state index contributed by atoms with van der Waals surface area (Å²) in [4.78, 5) is 4.90. The van der Waals surface area contributed by atoms with Gasteiger partial charge in [0, 0.05) is 11.3 Å². The second-order valence-electron chi connectivity index (χ2n) is 8.55. The Morgan fingerprint density at radius 2 is 1.73 bits per heavy atom. The summed E-state index contributed by atoms with van der Waals surface area (Å²) in [5.74, 6) is 5.19. The maximum Gasteiger partial charge on any atom is 0.229 e. The fourth-order valence-corrected chi connectivity index (χ4v) is 5.86. The highest BCUT2D eigenvalue weighted by atomic mass is 16.5. The van der Waals surface area contributed by atoms with Crippen molar-refractivity contribution in [1.82, 2.24) is 10.1 Å². The van der Waals surface area contributed by atoms with E-state index in [0.717, 1.165) is 29.5 Å². The molecule has 0 spiro atoms. The molecule has 0 N–H and O–H groups in total. The Bertz CT molecular complexity index is 486. The van der Waals surface area contributed by atoms with Gasteiger partial charge in [-0.25, -0.2) is 0 Å². The molecule has 1 aromatic rings. The summed E-state index contributed by atoms with van der Waals surface area (Å²) in [6.07, 6.45) is 13.4. The van der Waals surface area contributed by atoms with Crippen molar-refractivity contribution in [3.05, 3.63) is 11.7 Å². The lowest BCUT2D eigenvalue weighted by Crippen LogP contribution is -2.49. The summed E-state index contributed by atoms with van der Waals surface area (Å²) >= 11 is 0. The first-order valence-electron chi connectivity index (χ1n) is 9.52. The first-order valence-corrected chi connectivity index (χ1v) is 9.52. The molecular formula is C19H30N2O. The monoisotopic (exact) mass is 302 g/mol. The molecule has 0 unspecified atom stereocenters. The van der Waals surface area contributed by atoms with Crippen molar-refractivity contribution in [3.63, 3.8) is 0 Å². The maximum atomic E-state index is 5.69. The molecule has 1 heterocycles. The lowest BCUT2D eigenvalue weighted by atomic mass is 9.49. The molecular weight excluding hydrogens is 272 g/mol. The van der Waals surface area contributed by atoms with Crippen molar-refractivity contribution in [3.8, 4) is 0 Å². The number of hydrogen-bond donors (Lipinski definition) is 0. The van der Waals surface area contributed by atoms with Gasteiger partial charge >= 0.3 is 0 Å². The molecule has 1 atom stereocenters. The molecule has 0 radical (unpaired) electrons. The van der Waals surface area contributed by atoms with Crippen molar-refractivity contribution in [2.45, 2.75) is 89.4 Å². The van der Waals surface area contributed by atoms with Crippen molar-refractivity contribution in [1.29, 1.82) is 0 Å². The van der Waals surface area contributed by atoms with E-state index in [0.29, 0.717) is 5.92 Å². The van der Waals surface area contributed by atoms with Gasteiger partial charge in [0.25, 0.3) is 0 Å². The Labute approximate surface area is 134 Å². The summed E-state index contributed by atoms with van der Waals surface area (Å²) in [5, 5.41) is 4.47. The van der Waals surface area contributed by atoms with E-state index < -0.39 is 0 Å². The normalized spacial score (nSPS) is 37.6. The number of unbranched alkanes of at least 4 members (excludes halogenated alkanes) is 2. The standard InChI is InChI=1S/C19H30N2O/c1-3-4-5-6-13(2)17-20-18(21-22-17)19-10-14-7-15(11-19)9-16(8-14)12-19/h13-16H,3-12H2,1-2H3/t13-,14?,15?,16?,19?/m0/s1. The molecule has 5 rings (SSSR count). The summed E-state index contributed by atoms with van der Waals surface area (Å²) in [5.41, 5.74) is 0.277. The average Bonchev–Trinajstić information content (AvgIpc) is 2.96. The number of aromatic nitrogens is 2. The molecule has 3 nitrogen and oxygen atoms in total. The Kier molecular flexibility index (Phi) is 3.78. The number of rotatable bonds is 6. The van der Waals surface area contributed by atoms with Gasteiger partial charge in [-0.2, -0.15) is 4.98 Å². The van der Waals surface area contributed by atoms with E-state index >= 15 is 0 Å². The maximum absolute atomic E-state index is 5.69. The van der Waals surface area contributed by atoms with Gasteiger partial charge < -0.3 is 4.52 Å². The van der Waals surface area contributed by atoms with Crippen LogP contribution in [0.2, 0.25) is 0 Å². The van der Waals surface area contributed by atoms with E-state index in [-0.39, 0.29) is 5.41 Å². The van der Waals surface area contributed by atoms with Gasteiger partial charge in [0.05, 0.1) is 0 Å². The number of nitrogens with zero attached hydrogens (tertiary/aromatic N) is 2. The molecule has 3 heteroatoms. The predicted octanol–water partition coefficient (Wildman–Crippen LogP) is 5.22. The smallest absolute Gasteiger partial charge is 0.229 e. The minimum Gasteiger partial charge on any atom is -0.339 e. The second-order valence-corrected chi connectivity index (χ2v) is 8.55. The molecule has 0 aromatic carbocycles. The Morgan fingerprint density at radius 3 is 2.32 bits per heavy atom. The molecule has 0 amide bonds. The van der Waals surface area contributed by atoms with Crippen molar-refractivity contribution >= 4 is 0 Å². The molecule has 1 aromatic heterocycles. The van der Waals surface area contributed by atoms with E-state index in [1.54, 1.807) is 0 Å². The molecule has 4 bridgehead atoms. The van der Waals surface area contributed by atoms with Crippen LogP contribution in [0.25, 0.3) is 0 Å². The summed E-state index contributed by atoms with van der Waals surface area (Å²) in [6, 6.07) is 0. The van der Waals surface area contributed by atoms with Crippen LogP contribution < -0.4 is 0 Å². The van der Waals surface area contributed by atoms with E-state index in [2.05, 4.69) is 19.0 Å². The number of hydrogen-bond acceptors (Lipinski definition) is 3. The van der Waals surface area contributed by atoms with Gasteiger partial charge in [0.2, 0.25) is 5.89 Å². The predicted molar refractivity (Wildman–Crippen MR) is 86.7 cm³/mol. The van der Waals surface area contributed by atoms with E-state index in [9.17, 15) is 0 Å². The van der Waals surface area contributed by atoms with Gasteiger partial charge in [0.1, 0.15) is 0 Å². The molecule has 0 saturated heterocycles. The third-order valence-corrected chi connectivity index (χ3v) is 6.62. The van der Waals surface area contributed by atoms with Crippen LogP contribution in [0.15, 0.2) is 4.52 Å². The van der Waals surface area contributed by atoms with Gasteiger partial charge in [0.15, 0.2) is 5.82 Å². The molecule has 22 heavy (non-hydrogen) atoms. The minimum absolute atomic E-state index is 0.277. The second kappa shape index (κ2) is 5.65. The molecule has 4 aliphatic carbocycles. The van der Waals surface area contributed by atoms with Gasteiger partial charge in [-0.3, -0.25) is 0 Å². The topological polar surface area (TPSA) is 38.9 Å². The van der Waals surface area contributed by atoms with E-state index in [1.807, 2.05) is 0 Å². The molecule has 0 aliphatic heterocycles. The zero-order valence-electron chi connectivity index (χ0n) is 14.2. The first-order chi connectivity index (χ1) is 10.7. The van der Waals surface area contributed by atoms with E-state index in [4.69, 9.17) is 9.51 Å². The highest BCUT2D eigenvalue weighted by molar-refractivity contribution is 5.16. The lowest BCUT2D eigenvalue weighted by molar-refractivity contribution is -0.0103. The summed E-state index contributed by atoms with van der Waals surface area (Å²) in [7, 11) is 0. The fraction of sp³-hybridized carbons (Fsp3) is 0.895. The third-order valence-electron chi connectivity index (χ3n) is 6.62. The highest BCUT2D eigenvalue weighted by Crippen LogP contribution is 2.60. The van der Waals surface area contributed by atoms with E-state index in [1.165, 1.54) is 64.2 Å². The Balaban J connectivity index is 1.49. The summed E-state index contributed by atoms with van der Waals surface area (Å²) in [6.45, 7) is 4.50. The zero-order chi connectivity index (χ0) is 15.2. The van der Waals surface area contributed by atoms with Crippen molar-refractivity contribution in [2.24, 2.45) is 17.8 Å². The van der Waals surface area contributed by atoms with Crippen molar-refractivity contribution in [2.75, 3.05) is 0 Å². The van der Waals surface area contributed by atoms with Gasteiger partial charge in [-0.15, -0.1) is 0 Å². The Hall–Kier alpha value is -0.860. The third kappa shape index (κ3) is 2.51. The van der Waals surface area contributed by atoms with Crippen LogP contribution in [0.4, 0.5) is 0 Å². The fourth-order valence-electron chi connectivity index (χ4n) is 5.86. The summed E-state index contributed by atoms with van der Waals surface area (Å²) < 4.78 is 5.69. The molecule has 4 saturated carbocycles. The van der Waals surface area contributed by atoms with Crippen LogP contribution in [0.3, 0.4) is 0 Å². The largest absolute Gasteiger partial charge is 0.339 e. The van der Waals surface area contributed by atoms with Crippen LogP contribution in [0.1, 0.15) is 95.7 Å². The minimum atomic E-state index is 0.277. The van der Waals surface area contributed by atoms with Crippen LogP contribution in [-0.2, 0) is 5.41 Å². The molecule has 122 valence electrons. The van der Waals surface area contributed by atoms with Crippen LogP contribution >= 0.6 is 0 Å². The molecule has 4 aliphatic rings. The lowest BCUT2D eigenvalue weighted by Gasteiger charge is -2.55. The Morgan fingerprint density at radius 1 is 1.09 bits per heavy atom. The molecule has 4 fully saturated rings. The van der Waals surface area contributed by atoms with Gasteiger partial charge in [-0.1, -0.05) is 38.3 Å².